The van der Waals surface area contributed by atoms with Gasteiger partial charge in [0.05, 0.1) is 0 Å². The van der Waals surface area contributed by atoms with Crippen molar-refractivity contribution in [3.63, 3.8) is 0 Å². The number of aromatic amines is 1. The van der Waals surface area contributed by atoms with Crippen molar-refractivity contribution in [3.05, 3.63) is 28.5 Å². The summed E-state index contributed by atoms with van der Waals surface area (Å²) in [5.41, 5.74) is 6.90. The van der Waals surface area contributed by atoms with E-state index in [1.165, 1.54) is 0 Å². The van der Waals surface area contributed by atoms with Crippen LogP contribution in [0.5, 0.6) is 0 Å². The Morgan fingerprint density at radius 3 is 2.82 bits per heavy atom. The Balaban J connectivity index is 2.89. The van der Waals surface area contributed by atoms with E-state index in [1.807, 2.05) is 18.3 Å². The lowest BCUT2D eigenvalue weighted by Crippen LogP contribution is -2.08. The molecular weight excluding hydrogens is 156 g/mol. The fraction of sp³-hybridized carbons (Fsp3) is 0.375. The van der Waals surface area contributed by atoms with E-state index < -0.39 is 0 Å². The maximum atomic E-state index is 5.79. The largest absolute Gasteiger partial charge is 0.353 e. The molecule has 0 unspecified atom stereocenters. The molecule has 0 radical (unpaired) electrons. The molecule has 3 N–H and O–H groups in total. The second-order valence-electron chi connectivity index (χ2n) is 2.50. The highest BCUT2D eigenvalue weighted by Gasteiger charge is 2.00. The quantitative estimate of drug-likeness (QED) is 0.664. The van der Waals surface area contributed by atoms with Gasteiger partial charge in [-0.15, -0.1) is 0 Å². The number of rotatable bonds is 2. The zero-order chi connectivity index (χ0) is 8.27. The molecule has 11 heavy (non-hydrogen) atoms. The highest BCUT2D eigenvalue weighted by atomic mass is 32.1. The molecule has 0 aliphatic heterocycles. The zero-order valence-electron chi connectivity index (χ0n) is 6.50. The van der Waals surface area contributed by atoms with Crippen molar-refractivity contribution in [1.82, 2.24) is 4.98 Å². The van der Waals surface area contributed by atoms with Crippen molar-refractivity contribution in [2.75, 3.05) is 0 Å². The predicted molar refractivity (Wildman–Crippen MR) is 48.8 cm³/mol. The van der Waals surface area contributed by atoms with E-state index >= 15 is 0 Å². The molecule has 0 spiro atoms. The van der Waals surface area contributed by atoms with Gasteiger partial charge in [-0.2, -0.15) is 0 Å². The van der Waals surface area contributed by atoms with Crippen LogP contribution < -0.4 is 5.73 Å². The minimum absolute atomic E-state index is 0.127. The fourth-order valence-corrected chi connectivity index (χ4v) is 1.02. The summed E-state index contributed by atoms with van der Waals surface area (Å²) < 4.78 is 0.747. The molecule has 1 rings (SSSR count). The monoisotopic (exact) mass is 168 g/mol. The zero-order valence-corrected chi connectivity index (χ0v) is 7.32. The van der Waals surface area contributed by atoms with Crippen LogP contribution in [0.4, 0.5) is 0 Å². The molecule has 0 saturated carbocycles. The summed E-state index contributed by atoms with van der Waals surface area (Å²) in [6.45, 7) is 2.06. The molecular formula is C8H12N2S. The van der Waals surface area contributed by atoms with Gasteiger partial charge in [-0.3, -0.25) is 0 Å². The summed E-state index contributed by atoms with van der Waals surface area (Å²) in [5, 5.41) is 0. The number of aromatic nitrogens is 1. The van der Waals surface area contributed by atoms with Crippen LogP contribution in [0.3, 0.4) is 0 Å². The average molecular weight is 168 g/mol. The van der Waals surface area contributed by atoms with Gasteiger partial charge in [-0.25, -0.2) is 0 Å². The van der Waals surface area contributed by atoms with Crippen molar-refractivity contribution in [2.24, 2.45) is 5.73 Å². The van der Waals surface area contributed by atoms with Crippen molar-refractivity contribution in [1.29, 1.82) is 0 Å². The molecule has 0 fully saturated rings. The third-order valence-corrected chi connectivity index (χ3v) is 1.93. The first kappa shape index (κ1) is 8.43. The third kappa shape index (κ3) is 2.13. The molecule has 0 aliphatic rings. The maximum Gasteiger partial charge on any atom is 0.103 e. The van der Waals surface area contributed by atoms with Crippen LogP contribution in [0, 0.1) is 4.64 Å². The highest BCUT2D eigenvalue weighted by molar-refractivity contribution is 7.71. The highest BCUT2D eigenvalue weighted by Crippen LogP contribution is 2.10. The van der Waals surface area contributed by atoms with Crippen molar-refractivity contribution in [3.8, 4) is 0 Å². The molecule has 0 aromatic carbocycles. The first-order chi connectivity index (χ1) is 5.24. The van der Waals surface area contributed by atoms with Gasteiger partial charge in [0.25, 0.3) is 0 Å². The van der Waals surface area contributed by atoms with Crippen molar-refractivity contribution >= 4 is 12.2 Å². The SMILES string of the molecule is CC[C@H](N)c1ccc(=S)[nH]c1. The van der Waals surface area contributed by atoms with Crippen LogP contribution >= 0.6 is 12.2 Å². The molecule has 2 nitrogen and oxygen atoms in total. The van der Waals surface area contributed by atoms with E-state index in [0.717, 1.165) is 16.6 Å². The Hall–Kier alpha value is -0.670. The van der Waals surface area contributed by atoms with Crippen molar-refractivity contribution in [2.45, 2.75) is 19.4 Å². The molecule has 3 heteroatoms. The van der Waals surface area contributed by atoms with E-state index in [1.54, 1.807) is 0 Å². The van der Waals surface area contributed by atoms with Gasteiger partial charge in [-0.1, -0.05) is 25.2 Å². The third-order valence-electron chi connectivity index (χ3n) is 1.68. The molecule has 1 atom stereocenters. The first-order valence-corrected chi connectivity index (χ1v) is 4.09. The van der Waals surface area contributed by atoms with Gasteiger partial charge < -0.3 is 10.7 Å². The molecule has 1 aromatic rings. The normalized spacial score (nSPS) is 12.9. The van der Waals surface area contributed by atoms with Crippen molar-refractivity contribution < 1.29 is 0 Å². The second kappa shape index (κ2) is 3.64. The molecule has 1 aromatic heterocycles. The second-order valence-corrected chi connectivity index (χ2v) is 2.94. The van der Waals surface area contributed by atoms with E-state index in [9.17, 15) is 0 Å². The van der Waals surface area contributed by atoms with E-state index in [2.05, 4.69) is 11.9 Å². The van der Waals surface area contributed by atoms with Crippen LogP contribution in [0.1, 0.15) is 24.9 Å². The lowest BCUT2D eigenvalue weighted by atomic mass is 10.1. The Bertz CT molecular complexity index is 259. The number of nitrogens with two attached hydrogens (primary N) is 1. The molecule has 0 aliphatic carbocycles. The van der Waals surface area contributed by atoms with Gasteiger partial charge in [0, 0.05) is 12.2 Å². The number of pyridine rings is 1. The molecule has 0 amide bonds. The Morgan fingerprint density at radius 1 is 1.64 bits per heavy atom. The van der Waals surface area contributed by atoms with Crippen LogP contribution in [0.2, 0.25) is 0 Å². The van der Waals surface area contributed by atoms with E-state index in [4.69, 9.17) is 18.0 Å². The van der Waals surface area contributed by atoms with E-state index in [0.29, 0.717) is 0 Å². The topological polar surface area (TPSA) is 41.8 Å². The lowest BCUT2D eigenvalue weighted by Gasteiger charge is -2.07. The average Bonchev–Trinajstić information content (AvgIpc) is 2.05. The van der Waals surface area contributed by atoms with E-state index in [-0.39, 0.29) is 6.04 Å². The van der Waals surface area contributed by atoms with Gasteiger partial charge in [-0.05, 0) is 18.1 Å². The van der Waals surface area contributed by atoms with Crippen LogP contribution in [0.25, 0.3) is 0 Å². The minimum atomic E-state index is 0.127. The van der Waals surface area contributed by atoms with Gasteiger partial charge in [0.15, 0.2) is 0 Å². The maximum absolute atomic E-state index is 5.79. The summed E-state index contributed by atoms with van der Waals surface area (Å²) in [6.07, 6.45) is 2.82. The Morgan fingerprint density at radius 2 is 2.36 bits per heavy atom. The smallest absolute Gasteiger partial charge is 0.103 e. The number of hydrogen-bond acceptors (Lipinski definition) is 2. The summed E-state index contributed by atoms with van der Waals surface area (Å²) in [4.78, 5) is 2.95. The predicted octanol–water partition coefficient (Wildman–Crippen LogP) is 2.15. The van der Waals surface area contributed by atoms with Crippen LogP contribution in [0.15, 0.2) is 18.3 Å². The summed E-state index contributed by atoms with van der Waals surface area (Å²) >= 11 is 4.90. The molecule has 60 valence electrons. The molecule has 0 bridgehead atoms. The summed E-state index contributed by atoms with van der Waals surface area (Å²) in [6, 6.07) is 3.95. The standard InChI is InChI=1S/C8H12N2S/c1-2-7(9)6-3-4-8(11)10-5-6/h3-5,7H,2,9H2,1H3,(H,10,11)/t7-/m0/s1. The summed E-state index contributed by atoms with van der Waals surface area (Å²) in [5.74, 6) is 0. The van der Waals surface area contributed by atoms with Gasteiger partial charge in [0.2, 0.25) is 0 Å². The molecule has 1 heterocycles. The fourth-order valence-electron chi connectivity index (χ4n) is 0.889. The van der Waals surface area contributed by atoms with Crippen LogP contribution in [-0.4, -0.2) is 4.98 Å². The van der Waals surface area contributed by atoms with Gasteiger partial charge in [0.1, 0.15) is 4.64 Å². The lowest BCUT2D eigenvalue weighted by molar-refractivity contribution is 0.695. The minimum Gasteiger partial charge on any atom is -0.353 e. The van der Waals surface area contributed by atoms with Gasteiger partial charge >= 0.3 is 0 Å². The Kier molecular flexibility index (Phi) is 2.79. The van der Waals surface area contributed by atoms with Crippen LogP contribution in [-0.2, 0) is 0 Å². The number of H-pyrrole nitrogens is 1. The number of hydrogen-bond donors (Lipinski definition) is 2. The molecule has 0 saturated heterocycles. The Labute approximate surface area is 71.4 Å². The summed E-state index contributed by atoms with van der Waals surface area (Å²) in [7, 11) is 0. The number of nitrogens with one attached hydrogen (secondary N) is 1. The first-order valence-electron chi connectivity index (χ1n) is 3.68.